The van der Waals surface area contributed by atoms with Gasteiger partial charge >= 0.3 is 0 Å². The summed E-state index contributed by atoms with van der Waals surface area (Å²) in [5.41, 5.74) is 0. The first kappa shape index (κ1) is 13.7. The summed E-state index contributed by atoms with van der Waals surface area (Å²) in [6, 6.07) is 0.932. The number of piperazine rings is 1. The largest absolute Gasteiger partial charge is 0.301 e. The average Bonchev–Trinajstić information content (AvgIpc) is 2.89. The predicted molar refractivity (Wildman–Crippen MR) is 78.0 cm³/mol. The molecule has 0 amide bonds. The van der Waals surface area contributed by atoms with E-state index >= 15 is 0 Å². The molecule has 0 unspecified atom stereocenters. The maximum atomic E-state index is 4.26. The van der Waals surface area contributed by atoms with Crippen molar-refractivity contribution in [3.8, 4) is 0 Å². The van der Waals surface area contributed by atoms with Crippen LogP contribution in [0.15, 0.2) is 0 Å². The fourth-order valence-corrected chi connectivity index (χ4v) is 3.47. The van der Waals surface area contributed by atoms with Crippen molar-refractivity contribution in [2.45, 2.75) is 51.0 Å². The summed E-state index contributed by atoms with van der Waals surface area (Å²) in [6.45, 7) is 6.55. The van der Waals surface area contributed by atoms with Gasteiger partial charge in [0.1, 0.15) is 0 Å². The van der Waals surface area contributed by atoms with Crippen molar-refractivity contribution >= 4 is 12.6 Å². The number of unbranched alkanes of at least 4 members (excludes halogenated alkanes) is 2. The zero-order chi connectivity index (χ0) is 11.9. The number of rotatable bonds is 6. The van der Waals surface area contributed by atoms with Crippen molar-refractivity contribution in [1.29, 1.82) is 0 Å². The summed E-state index contributed by atoms with van der Waals surface area (Å²) in [4.78, 5) is 5.40. The molecule has 0 bridgehead atoms. The topological polar surface area (TPSA) is 6.48 Å². The smallest absolute Gasteiger partial charge is 0.0113 e. The second kappa shape index (κ2) is 7.65. The van der Waals surface area contributed by atoms with E-state index in [2.05, 4.69) is 22.4 Å². The van der Waals surface area contributed by atoms with Crippen molar-refractivity contribution in [2.75, 3.05) is 38.5 Å². The van der Waals surface area contributed by atoms with Gasteiger partial charge in [-0.2, -0.15) is 12.6 Å². The SMILES string of the molecule is SCCCCCN1CCN(C2CCCC2)CC1. The van der Waals surface area contributed by atoms with Gasteiger partial charge in [0.05, 0.1) is 0 Å². The molecule has 0 radical (unpaired) electrons. The molecule has 0 aromatic rings. The normalized spacial score (nSPS) is 24.5. The van der Waals surface area contributed by atoms with Gasteiger partial charge in [-0.3, -0.25) is 4.90 Å². The van der Waals surface area contributed by atoms with Crippen LogP contribution in [0, 0.1) is 0 Å². The lowest BCUT2D eigenvalue weighted by atomic mass is 10.1. The van der Waals surface area contributed by atoms with Gasteiger partial charge < -0.3 is 4.90 Å². The van der Waals surface area contributed by atoms with Crippen molar-refractivity contribution in [3.05, 3.63) is 0 Å². The Bertz CT molecular complexity index is 196. The van der Waals surface area contributed by atoms with E-state index < -0.39 is 0 Å². The molecule has 2 rings (SSSR count). The Balaban J connectivity index is 1.57. The van der Waals surface area contributed by atoms with Crippen molar-refractivity contribution in [3.63, 3.8) is 0 Å². The molecular formula is C14H28N2S. The van der Waals surface area contributed by atoms with Crippen LogP contribution in [0.4, 0.5) is 0 Å². The monoisotopic (exact) mass is 256 g/mol. The summed E-state index contributed by atoms with van der Waals surface area (Å²) >= 11 is 4.26. The molecule has 1 saturated heterocycles. The van der Waals surface area contributed by atoms with Crippen LogP contribution < -0.4 is 0 Å². The van der Waals surface area contributed by atoms with Crippen LogP contribution >= 0.6 is 12.6 Å². The minimum absolute atomic E-state index is 0.932. The third kappa shape index (κ3) is 4.46. The molecular weight excluding hydrogens is 228 g/mol. The van der Waals surface area contributed by atoms with Crippen LogP contribution in [0.25, 0.3) is 0 Å². The summed E-state index contributed by atoms with van der Waals surface area (Å²) in [5.74, 6) is 1.05. The summed E-state index contributed by atoms with van der Waals surface area (Å²) in [5, 5.41) is 0. The van der Waals surface area contributed by atoms with E-state index in [9.17, 15) is 0 Å². The number of nitrogens with zero attached hydrogens (tertiary/aromatic N) is 2. The third-order valence-corrected chi connectivity index (χ3v) is 4.70. The molecule has 100 valence electrons. The Morgan fingerprint density at radius 3 is 2.24 bits per heavy atom. The maximum Gasteiger partial charge on any atom is 0.0113 e. The lowest BCUT2D eigenvalue weighted by Crippen LogP contribution is -2.49. The molecule has 0 spiro atoms. The van der Waals surface area contributed by atoms with Crippen molar-refractivity contribution < 1.29 is 0 Å². The molecule has 0 aromatic heterocycles. The standard InChI is InChI=1S/C14H28N2S/c17-13-5-1-4-8-15-9-11-16(12-10-15)14-6-2-3-7-14/h14,17H,1-13H2. The van der Waals surface area contributed by atoms with Gasteiger partial charge in [-0.25, -0.2) is 0 Å². The van der Waals surface area contributed by atoms with E-state index in [4.69, 9.17) is 0 Å². The Labute approximate surface area is 112 Å². The molecule has 2 fully saturated rings. The minimum Gasteiger partial charge on any atom is -0.301 e. The lowest BCUT2D eigenvalue weighted by molar-refractivity contribution is 0.0968. The maximum absolute atomic E-state index is 4.26. The minimum atomic E-state index is 0.932. The van der Waals surface area contributed by atoms with Gasteiger partial charge in [0.2, 0.25) is 0 Å². The van der Waals surface area contributed by atoms with Crippen LogP contribution in [-0.4, -0.2) is 54.3 Å². The van der Waals surface area contributed by atoms with E-state index in [-0.39, 0.29) is 0 Å². The zero-order valence-electron chi connectivity index (χ0n) is 11.1. The fourth-order valence-electron chi connectivity index (χ4n) is 3.25. The van der Waals surface area contributed by atoms with Crippen LogP contribution in [0.5, 0.6) is 0 Å². The summed E-state index contributed by atoms with van der Waals surface area (Å²) in [6.07, 6.45) is 9.86. The van der Waals surface area contributed by atoms with Gasteiger partial charge in [-0.05, 0) is 38.0 Å². The van der Waals surface area contributed by atoms with Crippen LogP contribution in [0.1, 0.15) is 44.9 Å². The van der Waals surface area contributed by atoms with Crippen molar-refractivity contribution in [2.24, 2.45) is 0 Å². The highest BCUT2D eigenvalue weighted by atomic mass is 32.1. The molecule has 0 atom stereocenters. The van der Waals surface area contributed by atoms with Crippen LogP contribution in [0.2, 0.25) is 0 Å². The first-order chi connectivity index (χ1) is 8.40. The first-order valence-corrected chi connectivity index (χ1v) is 8.10. The molecule has 17 heavy (non-hydrogen) atoms. The Morgan fingerprint density at radius 1 is 0.882 bits per heavy atom. The highest BCUT2D eigenvalue weighted by Crippen LogP contribution is 2.24. The highest BCUT2D eigenvalue weighted by molar-refractivity contribution is 7.80. The summed E-state index contributed by atoms with van der Waals surface area (Å²) < 4.78 is 0. The van der Waals surface area contributed by atoms with Gasteiger partial charge in [-0.15, -0.1) is 0 Å². The molecule has 1 aliphatic heterocycles. The molecule has 1 aliphatic carbocycles. The number of hydrogen-bond acceptors (Lipinski definition) is 3. The van der Waals surface area contributed by atoms with E-state index in [1.165, 1.54) is 77.7 Å². The molecule has 1 heterocycles. The molecule has 2 nitrogen and oxygen atoms in total. The zero-order valence-corrected chi connectivity index (χ0v) is 12.0. The molecule has 3 heteroatoms. The predicted octanol–water partition coefficient (Wildman–Crippen LogP) is 2.65. The quantitative estimate of drug-likeness (QED) is 0.576. The van der Waals surface area contributed by atoms with Gasteiger partial charge in [0.15, 0.2) is 0 Å². The van der Waals surface area contributed by atoms with E-state index in [1.807, 2.05) is 0 Å². The fraction of sp³-hybridized carbons (Fsp3) is 1.00. The molecule has 1 saturated carbocycles. The van der Waals surface area contributed by atoms with E-state index in [0.29, 0.717) is 0 Å². The van der Waals surface area contributed by atoms with Crippen LogP contribution in [0.3, 0.4) is 0 Å². The van der Waals surface area contributed by atoms with E-state index in [1.54, 1.807) is 0 Å². The lowest BCUT2D eigenvalue weighted by Gasteiger charge is -2.38. The van der Waals surface area contributed by atoms with Gasteiger partial charge in [0.25, 0.3) is 0 Å². The second-order valence-electron chi connectivity index (χ2n) is 5.60. The number of thiol groups is 1. The number of hydrogen-bond donors (Lipinski definition) is 1. The van der Waals surface area contributed by atoms with Crippen molar-refractivity contribution in [1.82, 2.24) is 9.80 Å². The third-order valence-electron chi connectivity index (χ3n) is 4.38. The second-order valence-corrected chi connectivity index (χ2v) is 6.05. The molecule has 0 N–H and O–H groups in total. The average molecular weight is 256 g/mol. The Hall–Kier alpha value is 0.270. The van der Waals surface area contributed by atoms with Gasteiger partial charge in [-0.1, -0.05) is 19.3 Å². The first-order valence-electron chi connectivity index (χ1n) is 7.47. The molecule has 0 aromatic carbocycles. The summed E-state index contributed by atoms with van der Waals surface area (Å²) in [7, 11) is 0. The highest BCUT2D eigenvalue weighted by Gasteiger charge is 2.25. The van der Waals surface area contributed by atoms with E-state index in [0.717, 1.165) is 11.8 Å². The Kier molecular flexibility index (Phi) is 6.16. The van der Waals surface area contributed by atoms with Gasteiger partial charge in [0, 0.05) is 32.2 Å². The molecule has 2 aliphatic rings. The Morgan fingerprint density at radius 2 is 1.59 bits per heavy atom. The van der Waals surface area contributed by atoms with Crippen LogP contribution in [-0.2, 0) is 0 Å².